The molecule has 2 nitrogen and oxygen atoms in total. The molecule has 19 heavy (non-hydrogen) atoms. The number of piperidine rings is 1. The van der Waals surface area contributed by atoms with Gasteiger partial charge in [-0.15, -0.1) is 0 Å². The number of nitrogens with one attached hydrogen (secondary N) is 1. The van der Waals surface area contributed by atoms with Gasteiger partial charge >= 0.3 is 0 Å². The molecule has 0 radical (unpaired) electrons. The molecule has 1 aromatic carbocycles. The molecule has 3 atom stereocenters. The van der Waals surface area contributed by atoms with E-state index in [1.807, 2.05) is 0 Å². The highest BCUT2D eigenvalue weighted by atomic mass is 15.2. The number of fused-ring (bicyclic) bond motifs is 1. The molecule has 0 bridgehead atoms. The number of likely N-dealkylation sites (tertiary alicyclic amines) is 1. The molecule has 1 saturated heterocycles. The van der Waals surface area contributed by atoms with E-state index in [1.165, 1.54) is 43.5 Å². The zero-order valence-electron chi connectivity index (χ0n) is 12.2. The molecule has 0 aromatic heterocycles. The third-order valence-corrected chi connectivity index (χ3v) is 5.02. The number of nitrogens with zero attached hydrogens (tertiary/aromatic N) is 1. The van der Waals surface area contributed by atoms with Gasteiger partial charge in [-0.25, -0.2) is 0 Å². The lowest BCUT2D eigenvalue weighted by molar-refractivity contribution is 0.0944. The topological polar surface area (TPSA) is 15.3 Å². The monoisotopic (exact) mass is 258 g/mol. The molecule has 3 rings (SSSR count). The minimum Gasteiger partial charge on any atom is -0.385 e. The zero-order chi connectivity index (χ0) is 13.2. The zero-order valence-corrected chi connectivity index (χ0v) is 12.2. The molecule has 1 aromatic rings. The maximum Gasteiger partial charge on any atom is 0.0376 e. The normalized spacial score (nSPS) is 31.6. The number of anilines is 1. The fourth-order valence-electron chi connectivity index (χ4n) is 3.83. The minimum atomic E-state index is 0.709. The van der Waals surface area contributed by atoms with Crippen LogP contribution in [0.15, 0.2) is 24.3 Å². The Balaban J connectivity index is 1.77. The molecule has 2 heterocycles. The van der Waals surface area contributed by atoms with Crippen molar-refractivity contribution >= 4 is 5.69 Å². The third-order valence-electron chi connectivity index (χ3n) is 5.02. The Morgan fingerprint density at radius 1 is 1.11 bits per heavy atom. The molecule has 1 fully saturated rings. The van der Waals surface area contributed by atoms with Crippen molar-refractivity contribution in [1.82, 2.24) is 4.90 Å². The fourth-order valence-corrected chi connectivity index (χ4v) is 3.83. The van der Waals surface area contributed by atoms with Crippen molar-refractivity contribution in [3.8, 4) is 0 Å². The fraction of sp³-hybridized carbons (Fsp3) is 0.647. The summed E-state index contributed by atoms with van der Waals surface area (Å²) in [5.41, 5.74) is 2.88. The van der Waals surface area contributed by atoms with Crippen molar-refractivity contribution in [1.29, 1.82) is 0 Å². The van der Waals surface area contributed by atoms with E-state index in [0.29, 0.717) is 5.92 Å². The number of rotatable bonds is 2. The molecule has 2 heteroatoms. The number of hydrogen-bond acceptors (Lipinski definition) is 2. The highest BCUT2D eigenvalue weighted by molar-refractivity contribution is 5.54. The summed E-state index contributed by atoms with van der Waals surface area (Å²) in [6.45, 7) is 7.17. The van der Waals surface area contributed by atoms with Crippen LogP contribution in [-0.4, -0.2) is 30.1 Å². The Morgan fingerprint density at radius 3 is 2.63 bits per heavy atom. The molecular weight excluding hydrogens is 232 g/mol. The van der Waals surface area contributed by atoms with Crippen molar-refractivity contribution in [2.45, 2.75) is 57.5 Å². The van der Waals surface area contributed by atoms with Crippen LogP contribution in [0.4, 0.5) is 5.69 Å². The summed E-state index contributed by atoms with van der Waals surface area (Å²) in [4.78, 5) is 2.75. The van der Waals surface area contributed by atoms with Crippen LogP contribution in [0.3, 0.4) is 0 Å². The first kappa shape index (κ1) is 13.0. The number of hydrogen-bond donors (Lipinski definition) is 1. The highest BCUT2D eigenvalue weighted by Crippen LogP contribution is 2.34. The molecule has 0 amide bonds. The van der Waals surface area contributed by atoms with E-state index in [4.69, 9.17) is 0 Å². The Hall–Kier alpha value is -1.02. The Labute approximate surface area is 117 Å². The lowest BCUT2D eigenvalue weighted by Gasteiger charge is -2.42. The van der Waals surface area contributed by atoms with Gasteiger partial charge in [0.25, 0.3) is 0 Å². The van der Waals surface area contributed by atoms with Crippen molar-refractivity contribution in [2.75, 3.05) is 18.4 Å². The average molecular weight is 258 g/mol. The largest absolute Gasteiger partial charge is 0.385 e. The molecule has 1 N–H and O–H groups in total. The van der Waals surface area contributed by atoms with Crippen molar-refractivity contribution in [3.63, 3.8) is 0 Å². The molecular formula is C17H26N2. The van der Waals surface area contributed by atoms with Gasteiger partial charge in [0.05, 0.1) is 0 Å². The minimum absolute atomic E-state index is 0.709. The smallest absolute Gasteiger partial charge is 0.0376 e. The van der Waals surface area contributed by atoms with Gasteiger partial charge < -0.3 is 5.32 Å². The van der Waals surface area contributed by atoms with E-state index in [-0.39, 0.29) is 0 Å². The van der Waals surface area contributed by atoms with Crippen LogP contribution >= 0.6 is 0 Å². The first-order chi connectivity index (χ1) is 9.25. The van der Waals surface area contributed by atoms with E-state index >= 15 is 0 Å². The summed E-state index contributed by atoms with van der Waals surface area (Å²) in [6.07, 6.45) is 5.42. The number of para-hydroxylation sites is 1. The van der Waals surface area contributed by atoms with Crippen LogP contribution in [0, 0.1) is 0 Å². The standard InChI is InChI=1S/C17H26N2/c1-13-6-5-7-14(2)19(13)12-15-10-11-18-17-9-4-3-8-16(15)17/h3-4,8-9,13-15,18H,5-7,10-12H2,1-2H3. The van der Waals surface area contributed by atoms with E-state index < -0.39 is 0 Å². The molecule has 3 unspecified atom stereocenters. The summed E-state index contributed by atoms with van der Waals surface area (Å²) in [5, 5.41) is 3.53. The van der Waals surface area contributed by atoms with Crippen LogP contribution in [0.25, 0.3) is 0 Å². The van der Waals surface area contributed by atoms with Crippen LogP contribution in [0.1, 0.15) is 51.0 Å². The van der Waals surface area contributed by atoms with Gasteiger partial charge in [-0.05, 0) is 44.7 Å². The second kappa shape index (κ2) is 5.54. The van der Waals surface area contributed by atoms with Gasteiger partial charge in [0.2, 0.25) is 0 Å². The average Bonchev–Trinajstić information content (AvgIpc) is 2.43. The second-order valence-corrected chi connectivity index (χ2v) is 6.33. The van der Waals surface area contributed by atoms with E-state index in [9.17, 15) is 0 Å². The summed E-state index contributed by atoms with van der Waals surface area (Å²) >= 11 is 0. The van der Waals surface area contributed by atoms with E-state index in [2.05, 4.69) is 48.3 Å². The first-order valence-electron chi connectivity index (χ1n) is 7.84. The Morgan fingerprint density at radius 2 is 1.84 bits per heavy atom. The van der Waals surface area contributed by atoms with Gasteiger partial charge in [0.1, 0.15) is 0 Å². The van der Waals surface area contributed by atoms with Crippen LogP contribution < -0.4 is 5.32 Å². The van der Waals surface area contributed by atoms with Crippen LogP contribution in [0.2, 0.25) is 0 Å². The number of benzene rings is 1. The molecule has 0 aliphatic carbocycles. The maximum atomic E-state index is 3.53. The van der Waals surface area contributed by atoms with Crippen LogP contribution in [-0.2, 0) is 0 Å². The van der Waals surface area contributed by atoms with E-state index in [0.717, 1.165) is 18.6 Å². The predicted molar refractivity (Wildman–Crippen MR) is 81.8 cm³/mol. The SMILES string of the molecule is CC1CCCC(C)N1CC1CCNc2ccccc21. The van der Waals surface area contributed by atoms with Gasteiger partial charge in [-0.2, -0.15) is 0 Å². The summed E-state index contributed by atoms with van der Waals surface area (Å²) in [6, 6.07) is 10.4. The van der Waals surface area contributed by atoms with Crippen LogP contribution in [0.5, 0.6) is 0 Å². The van der Waals surface area contributed by atoms with Gasteiger partial charge in [-0.3, -0.25) is 4.90 Å². The molecule has 0 spiro atoms. The van der Waals surface area contributed by atoms with E-state index in [1.54, 1.807) is 0 Å². The maximum absolute atomic E-state index is 3.53. The lowest BCUT2D eigenvalue weighted by atomic mass is 9.88. The van der Waals surface area contributed by atoms with Crippen molar-refractivity contribution in [3.05, 3.63) is 29.8 Å². The highest BCUT2D eigenvalue weighted by Gasteiger charge is 2.29. The third kappa shape index (κ3) is 2.64. The lowest BCUT2D eigenvalue weighted by Crippen LogP contribution is -2.46. The van der Waals surface area contributed by atoms with Gasteiger partial charge in [-0.1, -0.05) is 24.6 Å². The quantitative estimate of drug-likeness (QED) is 0.867. The predicted octanol–water partition coefficient (Wildman–Crippen LogP) is 3.85. The Kier molecular flexibility index (Phi) is 3.79. The van der Waals surface area contributed by atoms with Crippen molar-refractivity contribution < 1.29 is 0 Å². The summed E-state index contributed by atoms with van der Waals surface area (Å²) in [7, 11) is 0. The summed E-state index contributed by atoms with van der Waals surface area (Å²) < 4.78 is 0. The first-order valence-corrected chi connectivity index (χ1v) is 7.84. The van der Waals surface area contributed by atoms with Gasteiger partial charge in [0.15, 0.2) is 0 Å². The molecule has 0 saturated carbocycles. The molecule has 2 aliphatic heterocycles. The molecule has 104 valence electrons. The second-order valence-electron chi connectivity index (χ2n) is 6.33. The summed E-state index contributed by atoms with van der Waals surface area (Å²) in [5.74, 6) is 0.709. The Bertz CT molecular complexity index is 419. The molecule has 2 aliphatic rings. The van der Waals surface area contributed by atoms with Crippen molar-refractivity contribution in [2.24, 2.45) is 0 Å². The van der Waals surface area contributed by atoms with Gasteiger partial charge in [0, 0.05) is 36.8 Å².